The van der Waals surface area contributed by atoms with Gasteiger partial charge in [-0.05, 0) is 36.6 Å². The predicted molar refractivity (Wildman–Crippen MR) is 73.7 cm³/mol. The van der Waals surface area contributed by atoms with Gasteiger partial charge in [0.1, 0.15) is 5.82 Å². The highest BCUT2D eigenvalue weighted by atomic mass is 79.9. The molecule has 1 amide bonds. The molecule has 5 heteroatoms. The Kier molecular flexibility index (Phi) is 6.29. The van der Waals surface area contributed by atoms with Crippen molar-refractivity contribution in [3.63, 3.8) is 0 Å². The lowest BCUT2D eigenvalue weighted by molar-refractivity contribution is -0.122. The van der Waals surface area contributed by atoms with Gasteiger partial charge in [-0.25, -0.2) is 4.39 Å². The molecule has 1 rings (SSSR count). The van der Waals surface area contributed by atoms with Gasteiger partial charge in [-0.15, -0.1) is 0 Å². The first-order valence-electron chi connectivity index (χ1n) is 6.01. The third-order valence-electron chi connectivity index (χ3n) is 2.64. The van der Waals surface area contributed by atoms with Crippen molar-refractivity contribution in [3.05, 3.63) is 34.1 Å². The number of hydrogen-bond acceptors (Lipinski definition) is 2. The molecule has 3 N–H and O–H groups in total. The van der Waals surface area contributed by atoms with E-state index in [1.165, 1.54) is 6.07 Å². The molecule has 0 aliphatic heterocycles. The standard InChI is InChI=1S/C13H18BrFN2O/c1-2-3-12(16)13(18)17-7-6-9-8-10(14)4-5-11(9)15/h4-5,8,12H,2-3,6-7,16H2,1H3,(H,17,18). The molecule has 0 aliphatic carbocycles. The Bertz CT molecular complexity index is 412. The monoisotopic (exact) mass is 316 g/mol. The van der Waals surface area contributed by atoms with Gasteiger partial charge in [0.25, 0.3) is 0 Å². The normalized spacial score (nSPS) is 12.2. The van der Waals surface area contributed by atoms with Crippen LogP contribution in [0.3, 0.4) is 0 Å². The maximum Gasteiger partial charge on any atom is 0.236 e. The fourth-order valence-corrected chi connectivity index (χ4v) is 2.04. The first-order chi connectivity index (χ1) is 8.54. The molecule has 1 aromatic rings. The Labute approximate surface area is 115 Å². The maximum absolute atomic E-state index is 13.4. The zero-order valence-electron chi connectivity index (χ0n) is 10.4. The van der Waals surface area contributed by atoms with Crippen molar-refractivity contribution in [2.45, 2.75) is 32.2 Å². The molecule has 1 aromatic carbocycles. The van der Waals surface area contributed by atoms with Gasteiger partial charge in [-0.2, -0.15) is 0 Å². The van der Waals surface area contributed by atoms with Crippen LogP contribution in [0.5, 0.6) is 0 Å². The summed E-state index contributed by atoms with van der Waals surface area (Å²) in [6.07, 6.45) is 1.99. The third-order valence-corrected chi connectivity index (χ3v) is 3.13. The highest BCUT2D eigenvalue weighted by Gasteiger charge is 2.11. The highest BCUT2D eigenvalue weighted by Crippen LogP contribution is 2.15. The highest BCUT2D eigenvalue weighted by molar-refractivity contribution is 9.10. The summed E-state index contributed by atoms with van der Waals surface area (Å²) < 4.78 is 14.2. The number of carbonyl (C=O) groups excluding carboxylic acids is 1. The molecule has 0 saturated heterocycles. The molecule has 18 heavy (non-hydrogen) atoms. The number of amides is 1. The Hall–Kier alpha value is -0.940. The van der Waals surface area contributed by atoms with Crippen LogP contribution in [0.4, 0.5) is 4.39 Å². The van der Waals surface area contributed by atoms with E-state index in [9.17, 15) is 9.18 Å². The average molecular weight is 317 g/mol. The molecule has 0 heterocycles. The van der Waals surface area contributed by atoms with Crippen LogP contribution in [-0.4, -0.2) is 18.5 Å². The Morgan fingerprint density at radius 1 is 1.56 bits per heavy atom. The summed E-state index contributed by atoms with van der Waals surface area (Å²) in [4.78, 5) is 11.5. The largest absolute Gasteiger partial charge is 0.354 e. The minimum Gasteiger partial charge on any atom is -0.354 e. The zero-order valence-corrected chi connectivity index (χ0v) is 12.0. The van der Waals surface area contributed by atoms with Gasteiger partial charge in [0.15, 0.2) is 0 Å². The summed E-state index contributed by atoms with van der Waals surface area (Å²) in [6, 6.07) is 4.30. The minimum atomic E-state index is -0.470. The summed E-state index contributed by atoms with van der Waals surface area (Å²) >= 11 is 3.29. The van der Waals surface area contributed by atoms with E-state index >= 15 is 0 Å². The first kappa shape index (κ1) is 15.1. The second-order valence-electron chi connectivity index (χ2n) is 4.17. The minimum absolute atomic E-state index is 0.174. The number of halogens is 2. The SMILES string of the molecule is CCCC(N)C(=O)NCCc1cc(Br)ccc1F. The van der Waals surface area contributed by atoms with Crippen LogP contribution in [0.1, 0.15) is 25.3 Å². The molecule has 3 nitrogen and oxygen atoms in total. The molecule has 0 spiro atoms. The van der Waals surface area contributed by atoms with Crippen molar-refractivity contribution in [2.75, 3.05) is 6.54 Å². The van der Waals surface area contributed by atoms with Crippen molar-refractivity contribution < 1.29 is 9.18 Å². The molecule has 0 fully saturated rings. The lowest BCUT2D eigenvalue weighted by Crippen LogP contribution is -2.41. The van der Waals surface area contributed by atoms with E-state index in [1.54, 1.807) is 12.1 Å². The first-order valence-corrected chi connectivity index (χ1v) is 6.81. The molecule has 0 radical (unpaired) electrons. The third kappa shape index (κ3) is 4.74. The lowest BCUT2D eigenvalue weighted by atomic mass is 10.1. The Balaban J connectivity index is 2.42. The van der Waals surface area contributed by atoms with E-state index in [2.05, 4.69) is 21.2 Å². The van der Waals surface area contributed by atoms with Crippen LogP contribution in [0.2, 0.25) is 0 Å². The van der Waals surface area contributed by atoms with Crippen molar-refractivity contribution in [1.82, 2.24) is 5.32 Å². The summed E-state index contributed by atoms with van der Waals surface area (Å²) in [5.74, 6) is -0.433. The van der Waals surface area contributed by atoms with Gasteiger partial charge < -0.3 is 11.1 Å². The molecule has 0 bridgehead atoms. The van der Waals surface area contributed by atoms with Crippen molar-refractivity contribution >= 4 is 21.8 Å². The second kappa shape index (κ2) is 7.48. The lowest BCUT2D eigenvalue weighted by Gasteiger charge is -2.11. The van der Waals surface area contributed by atoms with Crippen molar-refractivity contribution in [2.24, 2.45) is 5.73 Å². The van der Waals surface area contributed by atoms with Gasteiger partial charge >= 0.3 is 0 Å². The van der Waals surface area contributed by atoms with Crippen LogP contribution < -0.4 is 11.1 Å². The second-order valence-corrected chi connectivity index (χ2v) is 5.09. The smallest absolute Gasteiger partial charge is 0.236 e. The van der Waals surface area contributed by atoms with Crippen LogP contribution in [0.15, 0.2) is 22.7 Å². The number of nitrogens with one attached hydrogen (secondary N) is 1. The number of rotatable bonds is 6. The molecule has 0 saturated carbocycles. The summed E-state index contributed by atoms with van der Waals surface area (Å²) in [7, 11) is 0. The van der Waals surface area contributed by atoms with E-state index in [0.717, 1.165) is 10.9 Å². The summed E-state index contributed by atoms with van der Waals surface area (Å²) in [5.41, 5.74) is 6.25. The average Bonchev–Trinajstić information content (AvgIpc) is 2.33. The number of carbonyl (C=O) groups is 1. The van der Waals surface area contributed by atoms with Gasteiger partial charge in [-0.1, -0.05) is 29.3 Å². The summed E-state index contributed by atoms with van der Waals surface area (Å²) in [5, 5.41) is 2.72. The molecular weight excluding hydrogens is 299 g/mol. The predicted octanol–water partition coefficient (Wildman–Crippen LogP) is 2.37. The molecular formula is C13H18BrFN2O. The maximum atomic E-state index is 13.4. The Morgan fingerprint density at radius 2 is 2.28 bits per heavy atom. The molecule has 0 aliphatic rings. The van der Waals surface area contributed by atoms with E-state index < -0.39 is 6.04 Å². The fraction of sp³-hybridized carbons (Fsp3) is 0.462. The van der Waals surface area contributed by atoms with Crippen LogP contribution in [0, 0.1) is 5.82 Å². The van der Waals surface area contributed by atoms with Crippen LogP contribution in [-0.2, 0) is 11.2 Å². The van der Waals surface area contributed by atoms with Crippen LogP contribution in [0.25, 0.3) is 0 Å². The van der Waals surface area contributed by atoms with Gasteiger partial charge in [0.2, 0.25) is 5.91 Å². The van der Waals surface area contributed by atoms with E-state index in [0.29, 0.717) is 24.9 Å². The molecule has 1 atom stereocenters. The van der Waals surface area contributed by atoms with Gasteiger partial charge in [0, 0.05) is 11.0 Å². The summed E-state index contributed by atoms with van der Waals surface area (Å²) in [6.45, 7) is 2.37. The molecule has 1 unspecified atom stereocenters. The number of hydrogen-bond donors (Lipinski definition) is 2. The van der Waals surface area contributed by atoms with Crippen LogP contribution >= 0.6 is 15.9 Å². The van der Waals surface area contributed by atoms with Crippen molar-refractivity contribution in [1.29, 1.82) is 0 Å². The van der Waals surface area contributed by atoms with E-state index in [4.69, 9.17) is 5.73 Å². The molecule has 0 aromatic heterocycles. The topological polar surface area (TPSA) is 55.1 Å². The molecule has 100 valence electrons. The van der Waals surface area contributed by atoms with E-state index in [1.807, 2.05) is 6.92 Å². The fourth-order valence-electron chi connectivity index (χ4n) is 1.63. The van der Waals surface area contributed by atoms with Gasteiger partial charge in [0.05, 0.1) is 6.04 Å². The number of benzene rings is 1. The number of nitrogens with two attached hydrogens (primary N) is 1. The van der Waals surface area contributed by atoms with Crippen molar-refractivity contribution in [3.8, 4) is 0 Å². The van der Waals surface area contributed by atoms with Gasteiger partial charge in [-0.3, -0.25) is 4.79 Å². The Morgan fingerprint density at radius 3 is 2.94 bits per heavy atom. The quantitative estimate of drug-likeness (QED) is 0.846. The van der Waals surface area contributed by atoms with E-state index in [-0.39, 0.29) is 11.7 Å². The zero-order chi connectivity index (χ0) is 13.5.